The summed E-state index contributed by atoms with van der Waals surface area (Å²) in [6.45, 7) is 4.36. The van der Waals surface area contributed by atoms with Crippen LogP contribution in [0.5, 0.6) is 0 Å². The molecule has 0 aromatic rings. The number of halogens is 9. The van der Waals surface area contributed by atoms with Gasteiger partial charge in [0.1, 0.15) is 0 Å². The first-order chi connectivity index (χ1) is 9.50. The van der Waals surface area contributed by atoms with Gasteiger partial charge < -0.3 is 0 Å². The largest absolute Gasteiger partial charge is 0.460 e. The highest BCUT2D eigenvalue weighted by Crippen LogP contribution is 2.54. The van der Waals surface area contributed by atoms with Gasteiger partial charge in [-0.25, -0.2) is 4.99 Å². The molecular formula is C11H10F9NO. The Balaban J connectivity index is 5.62. The van der Waals surface area contributed by atoms with Gasteiger partial charge in [0, 0.05) is 11.8 Å². The van der Waals surface area contributed by atoms with Gasteiger partial charge in [0.15, 0.2) is 0 Å². The first kappa shape index (κ1) is 20.5. The van der Waals surface area contributed by atoms with Crippen LogP contribution in [0.1, 0.15) is 13.8 Å². The quantitative estimate of drug-likeness (QED) is 0.417. The number of alkyl halides is 9. The molecule has 1 atom stereocenters. The van der Waals surface area contributed by atoms with Crippen LogP contribution < -0.4 is 0 Å². The van der Waals surface area contributed by atoms with Crippen molar-refractivity contribution in [2.75, 3.05) is 0 Å². The van der Waals surface area contributed by atoms with E-state index in [-0.39, 0.29) is 18.7 Å². The molecule has 0 spiro atoms. The van der Waals surface area contributed by atoms with E-state index in [0.29, 0.717) is 0 Å². The molecular weight excluding hydrogens is 333 g/mol. The zero-order chi connectivity index (χ0) is 18.1. The minimum atomic E-state index is -6.97. The summed E-state index contributed by atoms with van der Waals surface area (Å²) in [5.74, 6) is -23.6. The van der Waals surface area contributed by atoms with Crippen molar-refractivity contribution in [1.29, 1.82) is 0 Å². The van der Waals surface area contributed by atoms with E-state index in [1.807, 2.05) is 0 Å². The molecule has 0 aliphatic heterocycles. The molecule has 1 amide bonds. The SMILES string of the molecule is C=C(C)C(=O)N=CC(C)C(F)(F)C(F)(F)C(F)(F)C(F)(F)F. The number of carbonyl (C=O) groups excluding carboxylic acids is 1. The van der Waals surface area contributed by atoms with Crippen LogP contribution in [0.25, 0.3) is 0 Å². The summed E-state index contributed by atoms with van der Waals surface area (Å²) in [6.07, 6.45) is -7.01. The van der Waals surface area contributed by atoms with Gasteiger partial charge in [0.2, 0.25) is 0 Å². The third-order valence-corrected chi connectivity index (χ3v) is 2.52. The minimum Gasteiger partial charge on any atom is -0.267 e. The lowest BCUT2D eigenvalue weighted by molar-refractivity contribution is -0.399. The van der Waals surface area contributed by atoms with Crippen LogP contribution in [-0.4, -0.2) is 36.1 Å². The second-order valence-corrected chi connectivity index (χ2v) is 4.42. The van der Waals surface area contributed by atoms with Crippen LogP contribution >= 0.6 is 0 Å². The van der Waals surface area contributed by atoms with Gasteiger partial charge in [-0.3, -0.25) is 4.79 Å². The molecule has 22 heavy (non-hydrogen) atoms. The molecule has 0 rings (SSSR count). The highest BCUT2D eigenvalue weighted by molar-refractivity contribution is 5.97. The van der Waals surface area contributed by atoms with Gasteiger partial charge in [-0.05, 0) is 6.92 Å². The minimum absolute atomic E-state index is 0.128. The van der Waals surface area contributed by atoms with E-state index in [4.69, 9.17) is 0 Å². The van der Waals surface area contributed by atoms with Crippen molar-refractivity contribution in [3.05, 3.63) is 12.2 Å². The summed E-state index contributed by atoms with van der Waals surface area (Å²) < 4.78 is 114. The van der Waals surface area contributed by atoms with Gasteiger partial charge in [0.25, 0.3) is 5.91 Å². The number of carbonyl (C=O) groups is 1. The molecule has 0 aliphatic carbocycles. The van der Waals surface area contributed by atoms with Gasteiger partial charge >= 0.3 is 23.9 Å². The molecule has 0 aliphatic rings. The van der Waals surface area contributed by atoms with Crippen molar-refractivity contribution in [3.8, 4) is 0 Å². The van der Waals surface area contributed by atoms with Crippen LogP contribution in [-0.2, 0) is 4.79 Å². The number of nitrogens with zero attached hydrogens (tertiary/aromatic N) is 1. The van der Waals surface area contributed by atoms with Crippen LogP contribution in [0.15, 0.2) is 17.1 Å². The molecule has 0 fully saturated rings. The molecule has 1 unspecified atom stereocenters. The average Bonchev–Trinajstić information content (AvgIpc) is 2.33. The van der Waals surface area contributed by atoms with E-state index < -0.39 is 35.8 Å². The van der Waals surface area contributed by atoms with Crippen molar-refractivity contribution in [1.82, 2.24) is 0 Å². The third kappa shape index (κ3) is 3.43. The summed E-state index contributed by atoms with van der Waals surface area (Å²) in [6, 6.07) is 0. The first-order valence-corrected chi connectivity index (χ1v) is 5.44. The van der Waals surface area contributed by atoms with Crippen molar-refractivity contribution in [2.24, 2.45) is 10.9 Å². The molecule has 0 aromatic carbocycles. The van der Waals surface area contributed by atoms with Gasteiger partial charge in [0.05, 0.1) is 5.92 Å². The Morgan fingerprint density at radius 2 is 1.41 bits per heavy atom. The fourth-order valence-corrected chi connectivity index (χ4v) is 1.06. The van der Waals surface area contributed by atoms with E-state index in [1.54, 1.807) is 0 Å². The van der Waals surface area contributed by atoms with E-state index in [0.717, 1.165) is 6.92 Å². The Bertz CT molecular complexity index is 478. The summed E-state index contributed by atoms with van der Waals surface area (Å²) in [5.41, 5.74) is -0.279. The van der Waals surface area contributed by atoms with Gasteiger partial charge in [-0.2, -0.15) is 39.5 Å². The van der Waals surface area contributed by atoms with Crippen LogP contribution in [0.2, 0.25) is 0 Å². The highest BCUT2D eigenvalue weighted by atomic mass is 19.4. The molecule has 128 valence electrons. The van der Waals surface area contributed by atoms with E-state index in [2.05, 4.69) is 11.6 Å². The van der Waals surface area contributed by atoms with Crippen molar-refractivity contribution in [2.45, 2.75) is 37.8 Å². The normalized spacial score (nSPS) is 16.0. The maximum Gasteiger partial charge on any atom is 0.460 e. The summed E-state index contributed by atoms with van der Waals surface area (Å²) in [7, 11) is 0. The highest BCUT2D eigenvalue weighted by Gasteiger charge is 2.82. The second kappa shape index (κ2) is 5.92. The fraction of sp³-hybridized carbons (Fsp3) is 0.636. The zero-order valence-electron chi connectivity index (χ0n) is 11.1. The Morgan fingerprint density at radius 1 is 1.00 bits per heavy atom. The number of aliphatic imine (C=N–C) groups is 1. The monoisotopic (exact) mass is 343 g/mol. The van der Waals surface area contributed by atoms with Crippen LogP contribution in [0, 0.1) is 5.92 Å². The number of amides is 1. The lowest BCUT2D eigenvalue weighted by Crippen LogP contribution is -2.62. The molecule has 0 bridgehead atoms. The smallest absolute Gasteiger partial charge is 0.267 e. The van der Waals surface area contributed by atoms with E-state index in [9.17, 15) is 44.3 Å². The average molecular weight is 343 g/mol. The Morgan fingerprint density at radius 3 is 1.73 bits per heavy atom. The molecule has 0 N–H and O–H groups in total. The van der Waals surface area contributed by atoms with E-state index in [1.165, 1.54) is 0 Å². The number of hydrogen-bond donors (Lipinski definition) is 0. The Hall–Kier alpha value is -1.55. The Kier molecular flexibility index (Phi) is 5.50. The maximum absolute atomic E-state index is 13.3. The lowest BCUT2D eigenvalue weighted by Gasteiger charge is -2.35. The topological polar surface area (TPSA) is 29.4 Å². The summed E-state index contributed by atoms with van der Waals surface area (Å²) in [5, 5.41) is 0. The van der Waals surface area contributed by atoms with Gasteiger partial charge in [-0.15, -0.1) is 0 Å². The third-order valence-electron chi connectivity index (χ3n) is 2.52. The summed E-state index contributed by atoms with van der Waals surface area (Å²) in [4.78, 5) is 13.7. The molecule has 0 radical (unpaired) electrons. The molecule has 0 saturated carbocycles. The van der Waals surface area contributed by atoms with Crippen LogP contribution in [0.3, 0.4) is 0 Å². The predicted octanol–water partition coefficient (Wildman–Crippen LogP) is 4.26. The van der Waals surface area contributed by atoms with Gasteiger partial charge in [-0.1, -0.05) is 13.5 Å². The second-order valence-electron chi connectivity index (χ2n) is 4.42. The van der Waals surface area contributed by atoms with Crippen molar-refractivity contribution in [3.63, 3.8) is 0 Å². The Labute approximate surface area is 118 Å². The number of rotatable bonds is 5. The molecule has 11 heteroatoms. The van der Waals surface area contributed by atoms with Crippen LogP contribution in [0.4, 0.5) is 39.5 Å². The maximum atomic E-state index is 13.3. The zero-order valence-corrected chi connectivity index (χ0v) is 11.1. The molecule has 0 aromatic heterocycles. The fourth-order valence-electron chi connectivity index (χ4n) is 1.06. The molecule has 0 heterocycles. The molecule has 2 nitrogen and oxygen atoms in total. The molecule has 0 saturated heterocycles. The standard InChI is InChI=1S/C11H10F9NO/c1-5(2)7(22)21-4-6(3)8(12,13)9(14,15)10(16,17)11(18,19)20/h4,6H,1H2,2-3H3. The summed E-state index contributed by atoms with van der Waals surface area (Å²) >= 11 is 0. The first-order valence-electron chi connectivity index (χ1n) is 5.44. The number of hydrogen-bond acceptors (Lipinski definition) is 1. The lowest BCUT2D eigenvalue weighted by atomic mass is 9.93. The van der Waals surface area contributed by atoms with Crippen molar-refractivity contribution >= 4 is 12.1 Å². The van der Waals surface area contributed by atoms with E-state index >= 15 is 0 Å². The van der Waals surface area contributed by atoms with Crippen molar-refractivity contribution < 1.29 is 44.3 Å². The predicted molar refractivity (Wildman–Crippen MR) is 58.4 cm³/mol.